The van der Waals surface area contributed by atoms with E-state index in [0.717, 1.165) is 24.8 Å². The van der Waals surface area contributed by atoms with Crippen LogP contribution in [0.3, 0.4) is 0 Å². The van der Waals surface area contributed by atoms with E-state index >= 15 is 0 Å². The summed E-state index contributed by atoms with van der Waals surface area (Å²) < 4.78 is 6.14. The molecule has 1 fully saturated rings. The molecule has 0 spiro atoms. The molecule has 21 heavy (non-hydrogen) atoms. The van der Waals surface area contributed by atoms with Crippen LogP contribution >= 0.6 is 0 Å². The topological polar surface area (TPSA) is 34.2 Å². The highest BCUT2D eigenvalue weighted by atomic mass is 16.5. The summed E-state index contributed by atoms with van der Waals surface area (Å²) in [6.45, 7) is 7.71. The highest BCUT2D eigenvalue weighted by Crippen LogP contribution is 2.29. The monoisotopic (exact) mass is 290 g/mol. The van der Waals surface area contributed by atoms with Crippen molar-refractivity contribution < 1.29 is 4.74 Å². The molecule has 3 heteroatoms. The standard InChI is InChI=1S/C18H30N2O/c1-4-10-19-14(3)16-9-11-20-18(13-16)21-17-8-6-7-15(5-2)12-17/h9,11,13-15,17,19H,4-8,10,12H2,1-3H3. The first-order valence-corrected chi connectivity index (χ1v) is 8.58. The van der Waals surface area contributed by atoms with Gasteiger partial charge in [-0.3, -0.25) is 0 Å². The zero-order chi connectivity index (χ0) is 15.1. The van der Waals surface area contributed by atoms with E-state index in [0.29, 0.717) is 12.1 Å². The predicted molar refractivity (Wildman–Crippen MR) is 87.6 cm³/mol. The number of ether oxygens (including phenoxy) is 1. The quantitative estimate of drug-likeness (QED) is 0.803. The van der Waals surface area contributed by atoms with E-state index in [1.54, 1.807) is 0 Å². The maximum Gasteiger partial charge on any atom is 0.213 e. The van der Waals surface area contributed by atoms with Crippen molar-refractivity contribution in [1.82, 2.24) is 10.3 Å². The van der Waals surface area contributed by atoms with Crippen LogP contribution < -0.4 is 10.1 Å². The van der Waals surface area contributed by atoms with Gasteiger partial charge >= 0.3 is 0 Å². The predicted octanol–water partition coefficient (Wildman–Crippen LogP) is 4.49. The van der Waals surface area contributed by atoms with Crippen LogP contribution in [0.1, 0.15) is 70.9 Å². The summed E-state index contributed by atoms with van der Waals surface area (Å²) >= 11 is 0. The largest absolute Gasteiger partial charge is 0.474 e. The minimum Gasteiger partial charge on any atom is -0.474 e. The van der Waals surface area contributed by atoms with Gasteiger partial charge in [-0.15, -0.1) is 0 Å². The summed E-state index contributed by atoms with van der Waals surface area (Å²) in [5.74, 6) is 1.62. The minimum absolute atomic E-state index is 0.352. The lowest BCUT2D eigenvalue weighted by Crippen LogP contribution is -2.25. The Morgan fingerprint density at radius 3 is 3.00 bits per heavy atom. The molecular formula is C18H30N2O. The van der Waals surface area contributed by atoms with Gasteiger partial charge in [0, 0.05) is 18.3 Å². The van der Waals surface area contributed by atoms with Crippen molar-refractivity contribution in [3.63, 3.8) is 0 Å². The van der Waals surface area contributed by atoms with Crippen molar-refractivity contribution in [3.05, 3.63) is 23.9 Å². The summed E-state index contributed by atoms with van der Waals surface area (Å²) in [5, 5.41) is 3.51. The molecule has 0 aromatic carbocycles. The lowest BCUT2D eigenvalue weighted by atomic mass is 9.85. The number of hydrogen-bond donors (Lipinski definition) is 1. The average Bonchev–Trinajstić information content (AvgIpc) is 2.53. The molecule has 3 unspecified atom stereocenters. The first-order chi connectivity index (χ1) is 10.2. The number of hydrogen-bond acceptors (Lipinski definition) is 3. The van der Waals surface area contributed by atoms with Gasteiger partial charge in [0.25, 0.3) is 0 Å². The number of pyridine rings is 1. The molecule has 118 valence electrons. The fourth-order valence-corrected chi connectivity index (χ4v) is 3.13. The van der Waals surface area contributed by atoms with Crippen LogP contribution in [0.4, 0.5) is 0 Å². The Labute approximate surface area is 129 Å². The Kier molecular flexibility index (Phi) is 6.50. The Hall–Kier alpha value is -1.09. The second-order valence-corrected chi connectivity index (χ2v) is 6.28. The van der Waals surface area contributed by atoms with E-state index in [1.807, 2.05) is 6.20 Å². The Morgan fingerprint density at radius 1 is 1.38 bits per heavy atom. The van der Waals surface area contributed by atoms with Crippen molar-refractivity contribution in [1.29, 1.82) is 0 Å². The van der Waals surface area contributed by atoms with Gasteiger partial charge in [-0.2, -0.15) is 0 Å². The van der Waals surface area contributed by atoms with E-state index in [2.05, 4.69) is 43.2 Å². The molecule has 0 radical (unpaired) electrons. The molecule has 3 nitrogen and oxygen atoms in total. The van der Waals surface area contributed by atoms with Gasteiger partial charge in [-0.05, 0) is 56.7 Å². The van der Waals surface area contributed by atoms with Crippen molar-refractivity contribution in [3.8, 4) is 5.88 Å². The summed E-state index contributed by atoms with van der Waals surface area (Å²) in [6.07, 6.45) is 9.65. The van der Waals surface area contributed by atoms with Crippen molar-refractivity contribution in [2.45, 2.75) is 71.4 Å². The fourth-order valence-electron chi connectivity index (χ4n) is 3.13. The zero-order valence-electron chi connectivity index (χ0n) is 13.8. The molecule has 1 N–H and O–H groups in total. The Bertz CT molecular complexity index is 421. The molecule has 1 heterocycles. The molecule has 1 aliphatic carbocycles. The van der Waals surface area contributed by atoms with Crippen LogP contribution in [0.2, 0.25) is 0 Å². The van der Waals surface area contributed by atoms with Crippen LogP contribution in [0.5, 0.6) is 5.88 Å². The molecule has 0 bridgehead atoms. The second-order valence-electron chi connectivity index (χ2n) is 6.28. The van der Waals surface area contributed by atoms with Crippen LogP contribution in [0.25, 0.3) is 0 Å². The summed E-state index contributed by atoms with van der Waals surface area (Å²) in [4.78, 5) is 4.40. The third-order valence-corrected chi connectivity index (χ3v) is 4.56. The first-order valence-electron chi connectivity index (χ1n) is 8.58. The maximum atomic E-state index is 6.14. The van der Waals surface area contributed by atoms with E-state index < -0.39 is 0 Å². The maximum absolute atomic E-state index is 6.14. The van der Waals surface area contributed by atoms with Gasteiger partial charge in [-0.1, -0.05) is 26.7 Å². The van der Waals surface area contributed by atoms with Gasteiger partial charge < -0.3 is 10.1 Å². The van der Waals surface area contributed by atoms with Crippen LogP contribution in [-0.4, -0.2) is 17.6 Å². The van der Waals surface area contributed by atoms with Crippen molar-refractivity contribution in [2.75, 3.05) is 6.54 Å². The average molecular weight is 290 g/mol. The molecule has 0 saturated heterocycles. The van der Waals surface area contributed by atoms with Crippen LogP contribution in [0, 0.1) is 5.92 Å². The molecule has 2 rings (SSSR count). The van der Waals surface area contributed by atoms with Gasteiger partial charge in [0.2, 0.25) is 5.88 Å². The highest BCUT2D eigenvalue weighted by molar-refractivity contribution is 5.23. The molecule has 1 saturated carbocycles. The molecule has 0 aliphatic heterocycles. The zero-order valence-corrected chi connectivity index (χ0v) is 13.8. The molecule has 0 amide bonds. The third kappa shape index (κ3) is 4.99. The smallest absolute Gasteiger partial charge is 0.213 e. The van der Waals surface area contributed by atoms with Gasteiger partial charge in [0.05, 0.1) is 0 Å². The number of aromatic nitrogens is 1. The molecule has 1 aromatic rings. The summed E-state index contributed by atoms with van der Waals surface area (Å²) in [6, 6.07) is 4.53. The molecular weight excluding hydrogens is 260 g/mol. The number of nitrogens with zero attached hydrogens (tertiary/aromatic N) is 1. The van der Waals surface area contributed by atoms with Gasteiger partial charge in [0.1, 0.15) is 6.10 Å². The molecule has 1 aromatic heterocycles. The van der Waals surface area contributed by atoms with Crippen LogP contribution in [-0.2, 0) is 0 Å². The minimum atomic E-state index is 0.352. The Balaban J connectivity index is 1.94. The van der Waals surface area contributed by atoms with Gasteiger partial charge in [0.15, 0.2) is 0 Å². The number of nitrogens with one attached hydrogen (secondary N) is 1. The van der Waals surface area contributed by atoms with Crippen molar-refractivity contribution >= 4 is 0 Å². The SMILES string of the molecule is CCCNC(C)c1ccnc(OC2CCCC(CC)C2)c1. The summed E-state index contributed by atoms with van der Waals surface area (Å²) in [7, 11) is 0. The van der Waals surface area contributed by atoms with Crippen LogP contribution in [0.15, 0.2) is 18.3 Å². The summed E-state index contributed by atoms with van der Waals surface area (Å²) in [5.41, 5.74) is 1.26. The van der Waals surface area contributed by atoms with Gasteiger partial charge in [-0.25, -0.2) is 4.98 Å². The lowest BCUT2D eigenvalue weighted by Gasteiger charge is -2.28. The van der Waals surface area contributed by atoms with E-state index in [9.17, 15) is 0 Å². The van der Waals surface area contributed by atoms with E-state index in [4.69, 9.17) is 4.74 Å². The number of rotatable bonds is 7. The normalized spacial score (nSPS) is 23.8. The van der Waals surface area contributed by atoms with E-state index in [1.165, 1.54) is 37.7 Å². The molecule has 1 aliphatic rings. The second kappa shape index (κ2) is 8.38. The Morgan fingerprint density at radius 2 is 2.24 bits per heavy atom. The van der Waals surface area contributed by atoms with Crippen molar-refractivity contribution in [2.24, 2.45) is 5.92 Å². The highest BCUT2D eigenvalue weighted by Gasteiger charge is 2.22. The first kappa shape index (κ1) is 16.3. The third-order valence-electron chi connectivity index (χ3n) is 4.56. The van der Waals surface area contributed by atoms with E-state index in [-0.39, 0.29) is 0 Å². The fraction of sp³-hybridized carbons (Fsp3) is 0.722. The molecule has 3 atom stereocenters. The lowest BCUT2D eigenvalue weighted by molar-refractivity contribution is 0.117.